The predicted molar refractivity (Wildman–Crippen MR) is 61.0 cm³/mol. The highest BCUT2D eigenvalue weighted by Gasteiger charge is 1.98. The van der Waals surface area contributed by atoms with E-state index in [1.807, 2.05) is 31.2 Å². The average Bonchev–Trinajstić information content (AvgIpc) is 2.26. The minimum atomic E-state index is 0.242. The van der Waals surface area contributed by atoms with Gasteiger partial charge in [0.15, 0.2) is 0 Å². The van der Waals surface area contributed by atoms with Crippen molar-refractivity contribution in [3.63, 3.8) is 0 Å². The van der Waals surface area contributed by atoms with E-state index in [1.54, 1.807) is 0 Å². The summed E-state index contributed by atoms with van der Waals surface area (Å²) in [6.07, 6.45) is 1.09. The number of benzene rings is 1. The van der Waals surface area contributed by atoms with Crippen LogP contribution in [0.15, 0.2) is 24.3 Å². The largest absolute Gasteiger partial charge is 0.376 e. The number of carbonyl (C=O) groups excluding carboxylic acids is 1. The van der Waals surface area contributed by atoms with Crippen LogP contribution in [0.1, 0.15) is 25.3 Å². The van der Waals surface area contributed by atoms with Crippen LogP contribution in [-0.4, -0.2) is 12.4 Å². The molecular formula is C12H15ClO2. The Balaban J connectivity index is 2.20. The van der Waals surface area contributed by atoms with Gasteiger partial charge in [0.2, 0.25) is 0 Å². The zero-order valence-electron chi connectivity index (χ0n) is 8.83. The molecule has 1 aromatic carbocycles. The molecule has 0 aliphatic heterocycles. The number of halogens is 1. The van der Waals surface area contributed by atoms with E-state index >= 15 is 0 Å². The lowest BCUT2D eigenvalue weighted by atomic mass is 10.2. The molecule has 0 amide bonds. The molecule has 0 fully saturated rings. The third-order valence-electron chi connectivity index (χ3n) is 2.10. The first-order valence-corrected chi connectivity index (χ1v) is 5.44. The molecule has 2 nitrogen and oxygen atoms in total. The van der Waals surface area contributed by atoms with Crippen LogP contribution >= 0.6 is 11.6 Å². The van der Waals surface area contributed by atoms with Crippen molar-refractivity contribution in [1.29, 1.82) is 0 Å². The van der Waals surface area contributed by atoms with Gasteiger partial charge in [0.05, 0.1) is 13.2 Å². The molecule has 0 heterocycles. The summed E-state index contributed by atoms with van der Waals surface area (Å²) in [6.45, 7) is 2.89. The van der Waals surface area contributed by atoms with E-state index in [9.17, 15) is 4.79 Å². The molecule has 0 aliphatic carbocycles. The Morgan fingerprint density at radius 1 is 1.33 bits per heavy atom. The second-order valence-corrected chi connectivity index (χ2v) is 3.76. The van der Waals surface area contributed by atoms with Crippen molar-refractivity contribution in [3.05, 3.63) is 34.9 Å². The smallest absolute Gasteiger partial charge is 0.134 e. The van der Waals surface area contributed by atoms with Gasteiger partial charge in [-0.1, -0.05) is 30.7 Å². The zero-order valence-corrected chi connectivity index (χ0v) is 9.59. The second kappa shape index (κ2) is 6.59. The Labute approximate surface area is 95.2 Å². The van der Waals surface area contributed by atoms with Gasteiger partial charge in [-0.25, -0.2) is 0 Å². The first kappa shape index (κ1) is 12.2. The molecular weight excluding hydrogens is 212 g/mol. The molecule has 0 aromatic heterocycles. The van der Waals surface area contributed by atoms with Crippen LogP contribution in [0.2, 0.25) is 5.02 Å². The predicted octanol–water partition coefficient (Wildman–Crippen LogP) is 3.23. The fourth-order valence-electron chi connectivity index (χ4n) is 1.13. The Hall–Kier alpha value is -0.860. The van der Waals surface area contributed by atoms with Gasteiger partial charge in [0.1, 0.15) is 5.78 Å². The summed E-state index contributed by atoms with van der Waals surface area (Å²) < 4.78 is 5.37. The number of carbonyl (C=O) groups is 1. The van der Waals surface area contributed by atoms with E-state index in [2.05, 4.69) is 0 Å². The van der Waals surface area contributed by atoms with E-state index in [0.29, 0.717) is 26.1 Å². The number of Topliss-reactive ketones (excluding diaryl/α,β-unsaturated/α-hetero) is 1. The van der Waals surface area contributed by atoms with Crippen molar-refractivity contribution in [2.45, 2.75) is 26.4 Å². The second-order valence-electron chi connectivity index (χ2n) is 3.32. The fourth-order valence-corrected chi connectivity index (χ4v) is 1.26. The van der Waals surface area contributed by atoms with Crippen molar-refractivity contribution in [3.8, 4) is 0 Å². The molecule has 0 spiro atoms. The van der Waals surface area contributed by atoms with Crippen LogP contribution in [-0.2, 0) is 16.1 Å². The van der Waals surface area contributed by atoms with Crippen molar-refractivity contribution in [2.75, 3.05) is 6.61 Å². The van der Waals surface area contributed by atoms with Crippen LogP contribution < -0.4 is 0 Å². The monoisotopic (exact) mass is 226 g/mol. The lowest BCUT2D eigenvalue weighted by molar-refractivity contribution is -0.119. The van der Waals surface area contributed by atoms with Gasteiger partial charge in [-0.05, 0) is 17.7 Å². The molecule has 0 bridgehead atoms. The Morgan fingerprint density at radius 3 is 2.60 bits per heavy atom. The van der Waals surface area contributed by atoms with Crippen LogP contribution in [0, 0.1) is 0 Å². The van der Waals surface area contributed by atoms with Gasteiger partial charge in [0.25, 0.3) is 0 Å². The first-order chi connectivity index (χ1) is 7.22. The molecule has 0 saturated heterocycles. The number of ether oxygens (including phenoxy) is 1. The van der Waals surface area contributed by atoms with Crippen LogP contribution in [0.25, 0.3) is 0 Å². The van der Waals surface area contributed by atoms with E-state index in [0.717, 1.165) is 10.6 Å². The number of hydrogen-bond acceptors (Lipinski definition) is 2. The summed E-state index contributed by atoms with van der Waals surface area (Å²) in [7, 11) is 0. The number of hydrogen-bond donors (Lipinski definition) is 0. The summed E-state index contributed by atoms with van der Waals surface area (Å²) in [5.41, 5.74) is 1.07. The van der Waals surface area contributed by atoms with E-state index in [1.165, 1.54) is 0 Å². The van der Waals surface area contributed by atoms with Gasteiger partial charge in [-0.15, -0.1) is 0 Å². The summed E-state index contributed by atoms with van der Waals surface area (Å²) in [5.74, 6) is 0.242. The molecule has 0 saturated carbocycles. The summed E-state index contributed by atoms with van der Waals surface area (Å²) >= 11 is 5.75. The van der Waals surface area contributed by atoms with Crippen LogP contribution in [0.4, 0.5) is 0 Å². The standard InChI is InChI=1S/C12H15ClO2/c1-2-12(14)7-8-15-9-10-3-5-11(13)6-4-10/h3-6H,2,7-9H2,1H3. The third-order valence-corrected chi connectivity index (χ3v) is 2.35. The minimum Gasteiger partial charge on any atom is -0.376 e. The molecule has 0 N–H and O–H groups in total. The molecule has 0 atom stereocenters. The molecule has 0 aliphatic rings. The topological polar surface area (TPSA) is 26.3 Å². The highest BCUT2D eigenvalue weighted by atomic mass is 35.5. The van der Waals surface area contributed by atoms with E-state index in [4.69, 9.17) is 16.3 Å². The molecule has 82 valence electrons. The Bertz CT molecular complexity index is 306. The minimum absolute atomic E-state index is 0.242. The molecule has 15 heavy (non-hydrogen) atoms. The van der Waals surface area contributed by atoms with Crippen molar-refractivity contribution in [2.24, 2.45) is 0 Å². The average molecular weight is 227 g/mol. The van der Waals surface area contributed by atoms with E-state index in [-0.39, 0.29) is 5.78 Å². The quantitative estimate of drug-likeness (QED) is 0.697. The third kappa shape index (κ3) is 4.96. The fraction of sp³-hybridized carbons (Fsp3) is 0.417. The van der Waals surface area contributed by atoms with Gasteiger partial charge < -0.3 is 4.74 Å². The Kier molecular flexibility index (Phi) is 5.37. The van der Waals surface area contributed by atoms with Crippen molar-refractivity contribution >= 4 is 17.4 Å². The lowest BCUT2D eigenvalue weighted by Gasteiger charge is -2.03. The highest BCUT2D eigenvalue weighted by molar-refractivity contribution is 6.30. The maximum Gasteiger partial charge on any atom is 0.134 e. The Morgan fingerprint density at radius 2 is 2.00 bits per heavy atom. The van der Waals surface area contributed by atoms with Gasteiger partial charge in [-0.3, -0.25) is 4.79 Å². The van der Waals surface area contributed by atoms with Gasteiger partial charge in [-0.2, -0.15) is 0 Å². The number of rotatable bonds is 6. The number of ketones is 1. The summed E-state index contributed by atoms with van der Waals surface area (Å²) in [6, 6.07) is 7.50. The molecule has 1 aromatic rings. The van der Waals surface area contributed by atoms with Crippen molar-refractivity contribution in [1.82, 2.24) is 0 Å². The summed E-state index contributed by atoms with van der Waals surface area (Å²) in [5, 5.41) is 0.722. The molecule has 0 radical (unpaired) electrons. The van der Waals surface area contributed by atoms with Crippen molar-refractivity contribution < 1.29 is 9.53 Å². The van der Waals surface area contributed by atoms with E-state index < -0.39 is 0 Å². The van der Waals surface area contributed by atoms with Gasteiger partial charge >= 0.3 is 0 Å². The SMILES string of the molecule is CCC(=O)CCOCc1ccc(Cl)cc1. The lowest BCUT2D eigenvalue weighted by Crippen LogP contribution is -2.02. The highest BCUT2D eigenvalue weighted by Crippen LogP contribution is 2.10. The maximum atomic E-state index is 11.0. The maximum absolute atomic E-state index is 11.0. The van der Waals surface area contributed by atoms with Crippen LogP contribution in [0.3, 0.4) is 0 Å². The summed E-state index contributed by atoms with van der Waals surface area (Å²) in [4.78, 5) is 11.0. The molecule has 3 heteroatoms. The first-order valence-electron chi connectivity index (χ1n) is 5.06. The zero-order chi connectivity index (χ0) is 11.1. The molecule has 0 unspecified atom stereocenters. The molecule has 1 rings (SSSR count). The van der Waals surface area contributed by atoms with Gasteiger partial charge in [0, 0.05) is 17.9 Å². The normalized spacial score (nSPS) is 10.3. The van der Waals surface area contributed by atoms with Crippen LogP contribution in [0.5, 0.6) is 0 Å².